The van der Waals surface area contributed by atoms with Crippen LogP contribution in [0.25, 0.3) is 0 Å². The molecule has 0 aliphatic heterocycles. The summed E-state index contributed by atoms with van der Waals surface area (Å²) < 4.78 is 0. The van der Waals surface area contributed by atoms with E-state index < -0.39 is 11.2 Å². The third kappa shape index (κ3) is 9.71. The molecule has 1 amide bonds. The van der Waals surface area contributed by atoms with E-state index in [2.05, 4.69) is 63.3 Å². The van der Waals surface area contributed by atoms with Crippen molar-refractivity contribution in [3.8, 4) is 0 Å². The average molecular weight is 496 g/mol. The molecule has 0 heterocycles. The van der Waals surface area contributed by atoms with Crippen LogP contribution in [0.4, 0.5) is 5.69 Å². The fraction of sp³-hybridized carbons (Fsp3) is 0.594. The molecule has 0 bridgehead atoms. The molecule has 0 saturated heterocycles. The standard InChI is InChI=1S/C32H49NO3/c1-9-10-11-13-25(24-14-12-15-26(21-24)32(7,8)36)22-29(34)33-28-20-23(18-19-31(5,6)35)16-17-27(28)30(2,3)4/h12,14-17,20-21,25,35-36H,9-11,13,18-19,22H2,1-8H3,(H,33,34). The molecule has 2 rings (SSSR count). The maximum absolute atomic E-state index is 13.4. The smallest absolute Gasteiger partial charge is 0.224 e. The summed E-state index contributed by atoms with van der Waals surface area (Å²) >= 11 is 0. The fourth-order valence-corrected chi connectivity index (χ4v) is 4.58. The molecule has 0 aliphatic carbocycles. The minimum absolute atomic E-state index is 0.00954. The van der Waals surface area contributed by atoms with Gasteiger partial charge in [0, 0.05) is 12.1 Å². The average Bonchev–Trinajstić information content (AvgIpc) is 2.75. The number of aliphatic hydroxyl groups is 2. The van der Waals surface area contributed by atoms with Crippen molar-refractivity contribution in [2.75, 3.05) is 5.32 Å². The van der Waals surface area contributed by atoms with Crippen LogP contribution in [0.2, 0.25) is 0 Å². The third-order valence-corrected chi connectivity index (χ3v) is 6.84. The maximum Gasteiger partial charge on any atom is 0.224 e. The molecule has 36 heavy (non-hydrogen) atoms. The van der Waals surface area contributed by atoms with E-state index in [1.54, 1.807) is 13.8 Å². The summed E-state index contributed by atoms with van der Waals surface area (Å²) in [5.74, 6) is 0.102. The van der Waals surface area contributed by atoms with Crippen molar-refractivity contribution in [1.29, 1.82) is 0 Å². The van der Waals surface area contributed by atoms with Crippen LogP contribution in [-0.2, 0) is 22.2 Å². The molecule has 2 aromatic carbocycles. The van der Waals surface area contributed by atoms with E-state index in [1.807, 2.05) is 26.0 Å². The normalized spacial score (nSPS) is 13.5. The van der Waals surface area contributed by atoms with Gasteiger partial charge in [0.25, 0.3) is 0 Å². The van der Waals surface area contributed by atoms with Crippen LogP contribution >= 0.6 is 0 Å². The number of hydrogen-bond donors (Lipinski definition) is 3. The molecule has 1 unspecified atom stereocenters. The lowest BCUT2D eigenvalue weighted by atomic mass is 9.84. The van der Waals surface area contributed by atoms with Crippen LogP contribution in [-0.4, -0.2) is 21.7 Å². The first-order valence-electron chi connectivity index (χ1n) is 13.6. The Morgan fingerprint density at radius 3 is 2.22 bits per heavy atom. The summed E-state index contributed by atoms with van der Waals surface area (Å²) in [4.78, 5) is 13.4. The zero-order valence-electron chi connectivity index (χ0n) is 23.9. The Morgan fingerprint density at radius 2 is 1.64 bits per heavy atom. The summed E-state index contributed by atoms with van der Waals surface area (Å²) in [5.41, 5.74) is 3.29. The van der Waals surface area contributed by atoms with Crippen molar-refractivity contribution >= 4 is 11.6 Å². The lowest BCUT2D eigenvalue weighted by Crippen LogP contribution is -2.22. The number of benzene rings is 2. The molecule has 0 spiro atoms. The number of anilines is 1. The molecule has 0 aromatic heterocycles. The van der Waals surface area contributed by atoms with Crippen molar-refractivity contribution in [1.82, 2.24) is 0 Å². The van der Waals surface area contributed by atoms with Gasteiger partial charge in [-0.25, -0.2) is 0 Å². The summed E-state index contributed by atoms with van der Waals surface area (Å²) in [7, 11) is 0. The van der Waals surface area contributed by atoms with Crippen LogP contribution in [0.1, 0.15) is 122 Å². The van der Waals surface area contributed by atoms with Crippen LogP contribution in [0.3, 0.4) is 0 Å². The van der Waals surface area contributed by atoms with Gasteiger partial charge in [0.1, 0.15) is 0 Å². The number of rotatable bonds is 12. The summed E-state index contributed by atoms with van der Waals surface area (Å²) in [5, 5.41) is 23.9. The minimum atomic E-state index is -0.919. The molecular weight excluding hydrogens is 446 g/mol. The van der Waals surface area contributed by atoms with Gasteiger partial charge in [0.15, 0.2) is 0 Å². The van der Waals surface area contributed by atoms with Crippen molar-refractivity contribution in [3.05, 3.63) is 64.7 Å². The van der Waals surface area contributed by atoms with Gasteiger partial charge in [-0.2, -0.15) is 0 Å². The number of unbranched alkanes of at least 4 members (excludes halogenated alkanes) is 2. The van der Waals surface area contributed by atoms with E-state index in [-0.39, 0.29) is 17.2 Å². The molecule has 200 valence electrons. The van der Waals surface area contributed by atoms with E-state index in [0.717, 1.165) is 60.0 Å². The van der Waals surface area contributed by atoms with Crippen molar-refractivity contribution < 1.29 is 15.0 Å². The molecule has 0 aliphatic rings. The zero-order valence-corrected chi connectivity index (χ0v) is 23.9. The van der Waals surface area contributed by atoms with Crippen LogP contribution in [0, 0.1) is 0 Å². The second-order valence-corrected chi connectivity index (χ2v) is 12.6. The molecule has 0 saturated carbocycles. The number of carbonyl (C=O) groups is 1. The van der Waals surface area contributed by atoms with Gasteiger partial charge in [-0.1, -0.05) is 83.4 Å². The molecule has 3 N–H and O–H groups in total. The van der Waals surface area contributed by atoms with Gasteiger partial charge in [-0.05, 0) is 86.6 Å². The second kappa shape index (κ2) is 12.4. The Hall–Kier alpha value is -2.17. The summed E-state index contributed by atoms with van der Waals surface area (Å²) in [6.07, 6.45) is 6.09. The Balaban J connectivity index is 2.30. The Labute approximate surface area is 219 Å². The Kier molecular flexibility index (Phi) is 10.3. The summed E-state index contributed by atoms with van der Waals surface area (Å²) in [6, 6.07) is 14.4. The first-order chi connectivity index (χ1) is 16.6. The molecule has 2 aromatic rings. The maximum atomic E-state index is 13.4. The van der Waals surface area contributed by atoms with Crippen LogP contribution in [0.15, 0.2) is 42.5 Å². The fourth-order valence-electron chi connectivity index (χ4n) is 4.58. The first-order valence-corrected chi connectivity index (χ1v) is 13.6. The topological polar surface area (TPSA) is 69.6 Å². The molecule has 4 heteroatoms. The van der Waals surface area contributed by atoms with E-state index in [4.69, 9.17) is 0 Å². The number of carbonyl (C=O) groups excluding carboxylic acids is 1. The minimum Gasteiger partial charge on any atom is -0.390 e. The van der Waals surface area contributed by atoms with Crippen molar-refractivity contribution in [2.45, 2.75) is 123 Å². The largest absolute Gasteiger partial charge is 0.390 e. The first kappa shape index (κ1) is 30.1. The van der Waals surface area contributed by atoms with Crippen LogP contribution in [0.5, 0.6) is 0 Å². The molecule has 0 fully saturated rings. The highest BCUT2D eigenvalue weighted by atomic mass is 16.3. The summed E-state index contributed by atoms with van der Waals surface area (Å²) in [6.45, 7) is 15.9. The van der Waals surface area contributed by atoms with E-state index in [1.165, 1.54) is 0 Å². The highest BCUT2D eigenvalue weighted by Gasteiger charge is 2.23. The highest BCUT2D eigenvalue weighted by molar-refractivity contribution is 5.92. The quantitative estimate of drug-likeness (QED) is 0.265. The number of amides is 1. The van der Waals surface area contributed by atoms with E-state index >= 15 is 0 Å². The number of aryl methyl sites for hydroxylation is 1. The lowest BCUT2D eigenvalue weighted by molar-refractivity contribution is -0.116. The van der Waals surface area contributed by atoms with Crippen molar-refractivity contribution in [2.24, 2.45) is 0 Å². The van der Waals surface area contributed by atoms with E-state index in [9.17, 15) is 15.0 Å². The van der Waals surface area contributed by atoms with Gasteiger partial charge < -0.3 is 15.5 Å². The zero-order chi connectivity index (χ0) is 27.1. The Morgan fingerprint density at radius 1 is 0.944 bits per heavy atom. The highest BCUT2D eigenvalue weighted by Crippen LogP contribution is 2.33. The lowest BCUT2D eigenvalue weighted by Gasteiger charge is -2.25. The number of hydrogen-bond acceptors (Lipinski definition) is 3. The van der Waals surface area contributed by atoms with Gasteiger partial charge in [0.2, 0.25) is 5.91 Å². The Bertz CT molecular complexity index is 990. The SMILES string of the molecule is CCCCCC(CC(=O)Nc1cc(CCC(C)(C)O)ccc1C(C)(C)C)c1cccc(C(C)(C)O)c1. The monoisotopic (exact) mass is 495 g/mol. The van der Waals surface area contributed by atoms with Crippen LogP contribution < -0.4 is 5.32 Å². The van der Waals surface area contributed by atoms with Gasteiger partial charge in [0.05, 0.1) is 11.2 Å². The second-order valence-electron chi connectivity index (χ2n) is 12.6. The molecule has 4 nitrogen and oxygen atoms in total. The van der Waals surface area contributed by atoms with Gasteiger partial charge in [-0.15, -0.1) is 0 Å². The third-order valence-electron chi connectivity index (χ3n) is 6.84. The van der Waals surface area contributed by atoms with Crippen molar-refractivity contribution in [3.63, 3.8) is 0 Å². The van der Waals surface area contributed by atoms with Gasteiger partial charge >= 0.3 is 0 Å². The molecular formula is C32H49NO3. The van der Waals surface area contributed by atoms with Gasteiger partial charge in [-0.3, -0.25) is 4.79 Å². The predicted octanol–water partition coefficient (Wildman–Crippen LogP) is 7.61. The molecule has 0 radical (unpaired) electrons. The predicted molar refractivity (Wildman–Crippen MR) is 152 cm³/mol. The number of nitrogens with one attached hydrogen (secondary N) is 1. The van der Waals surface area contributed by atoms with E-state index in [0.29, 0.717) is 12.8 Å². The molecule has 1 atom stereocenters.